The van der Waals surface area contributed by atoms with Gasteiger partial charge in [0, 0.05) is 20.3 Å². The van der Waals surface area contributed by atoms with Crippen molar-refractivity contribution < 1.29 is 23.9 Å². The Bertz CT molecular complexity index is 1190. The van der Waals surface area contributed by atoms with Crippen molar-refractivity contribution >= 4 is 61.9 Å². The van der Waals surface area contributed by atoms with Gasteiger partial charge in [-0.2, -0.15) is 0 Å². The van der Waals surface area contributed by atoms with Crippen LogP contribution in [-0.4, -0.2) is 36.8 Å². The molecule has 0 atom stereocenters. The topological polar surface area (TPSA) is 81.7 Å². The van der Waals surface area contributed by atoms with E-state index in [2.05, 4.69) is 21.2 Å². The van der Waals surface area contributed by atoms with Crippen LogP contribution >= 0.6 is 39.0 Å². The minimum Gasteiger partial charge on any atom is -0.462 e. The van der Waals surface area contributed by atoms with Gasteiger partial charge < -0.3 is 14.8 Å². The second-order valence-electron chi connectivity index (χ2n) is 7.30. The third kappa shape index (κ3) is 6.71. The van der Waals surface area contributed by atoms with E-state index in [-0.39, 0.29) is 17.9 Å². The summed E-state index contributed by atoms with van der Waals surface area (Å²) in [6, 6.07) is 13.4. The number of carbonyl (C=O) groups excluding carboxylic acids is 3. The van der Waals surface area contributed by atoms with Crippen LogP contribution < -0.4 is 5.32 Å². The molecule has 34 heavy (non-hydrogen) atoms. The summed E-state index contributed by atoms with van der Waals surface area (Å²) in [4.78, 5) is 38.2. The molecule has 1 N–H and O–H groups in total. The van der Waals surface area contributed by atoms with Crippen molar-refractivity contribution in [2.75, 3.05) is 24.3 Å². The van der Waals surface area contributed by atoms with Gasteiger partial charge in [-0.05, 0) is 49.6 Å². The second-order valence-corrected chi connectivity index (χ2v) is 10.1. The molecule has 3 aromatic rings. The highest BCUT2D eigenvalue weighted by molar-refractivity contribution is 9.10. The van der Waals surface area contributed by atoms with E-state index in [1.165, 1.54) is 23.1 Å². The highest BCUT2D eigenvalue weighted by Gasteiger charge is 2.23. The predicted octanol–water partition coefficient (Wildman–Crippen LogP) is 6.25. The minimum absolute atomic E-state index is 0.0838. The summed E-state index contributed by atoms with van der Waals surface area (Å²) in [6.45, 7) is 5.44. The molecule has 3 rings (SSSR count). The molecule has 0 spiro atoms. The summed E-state index contributed by atoms with van der Waals surface area (Å²) in [7, 11) is 0. The van der Waals surface area contributed by atoms with E-state index >= 15 is 0 Å². The number of ether oxygens (including phenoxy) is 2. The van der Waals surface area contributed by atoms with E-state index in [1.807, 2.05) is 56.3 Å². The maximum absolute atomic E-state index is 12.6. The van der Waals surface area contributed by atoms with Crippen LogP contribution in [0.15, 0.2) is 57.2 Å². The van der Waals surface area contributed by atoms with Gasteiger partial charge >= 0.3 is 11.9 Å². The van der Waals surface area contributed by atoms with Crippen LogP contribution in [0.25, 0.3) is 11.1 Å². The Morgan fingerprint density at radius 3 is 2.50 bits per heavy atom. The van der Waals surface area contributed by atoms with Gasteiger partial charge in [-0.15, -0.1) is 23.1 Å². The summed E-state index contributed by atoms with van der Waals surface area (Å²) >= 11 is 6.07. The minimum atomic E-state index is -0.527. The lowest BCUT2D eigenvalue weighted by atomic mass is 10.0. The van der Waals surface area contributed by atoms with E-state index in [1.54, 1.807) is 12.3 Å². The number of esters is 2. The smallest absolute Gasteiger partial charge is 0.341 e. The molecule has 0 aliphatic rings. The maximum atomic E-state index is 12.6. The monoisotopic (exact) mass is 561 g/mol. The van der Waals surface area contributed by atoms with Crippen molar-refractivity contribution in [3.05, 3.63) is 69.0 Å². The molecule has 0 aliphatic heterocycles. The molecular weight excluding hydrogens is 538 g/mol. The molecule has 1 aromatic heterocycles. The molecular formula is C25H24BrNO5S2. The fourth-order valence-corrected chi connectivity index (χ4v) is 5.42. The van der Waals surface area contributed by atoms with Gasteiger partial charge in [-0.1, -0.05) is 46.3 Å². The number of aryl methyl sites for hydroxylation is 2. The molecule has 0 aliphatic carbocycles. The van der Waals surface area contributed by atoms with Crippen molar-refractivity contribution in [1.82, 2.24) is 0 Å². The fraction of sp³-hybridized carbons (Fsp3) is 0.240. The lowest BCUT2D eigenvalue weighted by Crippen LogP contribution is -2.22. The van der Waals surface area contributed by atoms with Crippen LogP contribution in [-0.2, 0) is 19.1 Å². The SMILES string of the molecule is CCOC(=O)c1c(-c2ccccc2)csc1NC(=O)COC(=O)CSc1cc(C)c(Br)cc1C. The van der Waals surface area contributed by atoms with Crippen molar-refractivity contribution in [1.29, 1.82) is 0 Å². The van der Waals surface area contributed by atoms with Crippen LogP contribution in [0.3, 0.4) is 0 Å². The zero-order valence-corrected chi connectivity index (χ0v) is 22.2. The number of hydrogen-bond donors (Lipinski definition) is 1. The number of thioether (sulfide) groups is 1. The molecule has 9 heteroatoms. The number of anilines is 1. The predicted molar refractivity (Wildman–Crippen MR) is 140 cm³/mol. The van der Waals surface area contributed by atoms with Crippen LogP contribution in [0.4, 0.5) is 5.00 Å². The Balaban J connectivity index is 1.61. The highest BCUT2D eigenvalue weighted by atomic mass is 79.9. The summed E-state index contributed by atoms with van der Waals surface area (Å²) < 4.78 is 11.3. The van der Waals surface area contributed by atoms with E-state index in [4.69, 9.17) is 9.47 Å². The Morgan fingerprint density at radius 2 is 1.79 bits per heavy atom. The number of nitrogens with one attached hydrogen (secondary N) is 1. The maximum Gasteiger partial charge on any atom is 0.341 e. The standard InChI is InChI=1S/C25H24BrNO5S2/c1-4-31-25(30)23-18(17-8-6-5-7-9-17)13-34-24(23)27-21(28)12-32-22(29)14-33-20-11-15(2)19(26)10-16(20)3/h5-11,13H,4,12,14H2,1-3H3,(H,27,28). The van der Waals surface area contributed by atoms with Crippen LogP contribution in [0, 0.1) is 13.8 Å². The summed E-state index contributed by atoms with van der Waals surface area (Å²) in [5, 5.41) is 4.83. The highest BCUT2D eigenvalue weighted by Crippen LogP contribution is 2.36. The van der Waals surface area contributed by atoms with Gasteiger partial charge in [-0.3, -0.25) is 9.59 Å². The van der Waals surface area contributed by atoms with Crippen molar-refractivity contribution in [2.24, 2.45) is 0 Å². The van der Waals surface area contributed by atoms with Gasteiger partial charge in [-0.25, -0.2) is 4.79 Å². The van der Waals surface area contributed by atoms with Crippen LogP contribution in [0.2, 0.25) is 0 Å². The third-order valence-corrected chi connectivity index (χ3v) is 7.65. The molecule has 1 amide bonds. The molecule has 0 unspecified atom stereocenters. The van der Waals surface area contributed by atoms with Gasteiger partial charge in [0.1, 0.15) is 10.6 Å². The van der Waals surface area contributed by atoms with Gasteiger partial charge in [0.25, 0.3) is 5.91 Å². The fourth-order valence-electron chi connectivity index (χ4n) is 3.08. The molecule has 0 saturated carbocycles. The van der Waals surface area contributed by atoms with Gasteiger partial charge in [0.2, 0.25) is 0 Å². The Kier molecular flexibility index (Phi) is 9.32. The summed E-state index contributed by atoms with van der Waals surface area (Å²) in [5.41, 5.74) is 3.92. The van der Waals surface area contributed by atoms with Crippen molar-refractivity contribution in [2.45, 2.75) is 25.7 Å². The Morgan fingerprint density at radius 1 is 1.06 bits per heavy atom. The Hall–Kier alpha value is -2.62. The largest absolute Gasteiger partial charge is 0.462 e. The molecule has 0 fully saturated rings. The molecule has 1 heterocycles. The Labute approximate surface area is 215 Å². The van der Waals surface area contributed by atoms with Crippen LogP contribution in [0.1, 0.15) is 28.4 Å². The number of benzene rings is 2. The van der Waals surface area contributed by atoms with E-state index < -0.39 is 24.5 Å². The lowest BCUT2D eigenvalue weighted by molar-refractivity contribution is -0.144. The number of thiophene rings is 1. The van der Waals surface area contributed by atoms with Crippen LogP contribution in [0.5, 0.6) is 0 Å². The molecule has 0 saturated heterocycles. The summed E-state index contributed by atoms with van der Waals surface area (Å²) in [5.74, 6) is -1.46. The van der Waals surface area contributed by atoms with Crippen molar-refractivity contribution in [3.8, 4) is 11.1 Å². The molecule has 0 radical (unpaired) electrons. The second kappa shape index (κ2) is 12.2. The van der Waals surface area contributed by atoms with Gasteiger partial charge in [0.15, 0.2) is 6.61 Å². The zero-order chi connectivity index (χ0) is 24.7. The molecule has 6 nitrogen and oxygen atoms in total. The first-order valence-electron chi connectivity index (χ1n) is 10.5. The first-order chi connectivity index (χ1) is 16.3. The lowest BCUT2D eigenvalue weighted by Gasteiger charge is -2.10. The number of hydrogen-bond acceptors (Lipinski definition) is 7. The molecule has 0 bridgehead atoms. The van der Waals surface area contributed by atoms with E-state index in [0.717, 1.165) is 26.1 Å². The molecule has 178 valence electrons. The van der Waals surface area contributed by atoms with E-state index in [0.29, 0.717) is 10.6 Å². The average Bonchev–Trinajstić information content (AvgIpc) is 3.23. The first-order valence-corrected chi connectivity index (χ1v) is 13.1. The normalized spacial score (nSPS) is 10.6. The molecule has 2 aromatic carbocycles. The zero-order valence-electron chi connectivity index (χ0n) is 19.0. The quantitative estimate of drug-likeness (QED) is 0.246. The number of amides is 1. The number of rotatable bonds is 9. The van der Waals surface area contributed by atoms with Crippen molar-refractivity contribution in [3.63, 3.8) is 0 Å². The summed E-state index contributed by atoms with van der Waals surface area (Å²) in [6.07, 6.45) is 0. The number of carbonyl (C=O) groups is 3. The third-order valence-electron chi connectivity index (χ3n) is 4.77. The number of halogens is 1. The average molecular weight is 563 g/mol. The van der Waals surface area contributed by atoms with E-state index in [9.17, 15) is 14.4 Å². The van der Waals surface area contributed by atoms with Gasteiger partial charge in [0.05, 0.1) is 12.4 Å². The first kappa shape index (κ1) is 26.0.